The molecule has 2 amide bonds. The number of carbonyl (C=O) groups excluding carboxylic acids is 2. The highest BCUT2D eigenvalue weighted by atomic mass is 16.2. The van der Waals surface area contributed by atoms with Crippen LogP contribution in [-0.2, 0) is 4.79 Å². The number of anilines is 1. The van der Waals surface area contributed by atoms with Crippen molar-refractivity contribution in [1.82, 2.24) is 4.90 Å². The summed E-state index contributed by atoms with van der Waals surface area (Å²) in [4.78, 5) is 25.5. The molecule has 0 unspecified atom stereocenters. The number of amides is 2. The number of likely N-dealkylation sites (tertiary alicyclic amines) is 1. The van der Waals surface area contributed by atoms with Gasteiger partial charge in [-0.1, -0.05) is 12.8 Å². The minimum atomic E-state index is -0.467. The van der Waals surface area contributed by atoms with Gasteiger partial charge in [0.15, 0.2) is 0 Å². The standard InChI is InChI=1S/C16H23N3O2/c1-12(19-10-4-2-3-5-11-19)16(21)18-14-8-6-13(7-9-14)15(17)20/h6-9,12H,2-5,10-11H2,1H3,(H2,17,20)(H,18,21)/t12-/m0/s1. The van der Waals surface area contributed by atoms with Gasteiger partial charge in [0, 0.05) is 11.3 Å². The summed E-state index contributed by atoms with van der Waals surface area (Å²) in [6.07, 6.45) is 4.81. The van der Waals surface area contributed by atoms with Crippen LogP contribution in [0, 0.1) is 0 Å². The van der Waals surface area contributed by atoms with Crippen LogP contribution in [-0.4, -0.2) is 35.8 Å². The molecule has 1 heterocycles. The van der Waals surface area contributed by atoms with E-state index in [0.717, 1.165) is 25.9 Å². The molecule has 1 aliphatic rings. The van der Waals surface area contributed by atoms with Gasteiger partial charge in [-0.15, -0.1) is 0 Å². The first-order valence-corrected chi connectivity index (χ1v) is 7.52. The Morgan fingerprint density at radius 2 is 1.67 bits per heavy atom. The maximum atomic E-state index is 12.3. The van der Waals surface area contributed by atoms with Crippen molar-refractivity contribution in [3.63, 3.8) is 0 Å². The highest BCUT2D eigenvalue weighted by molar-refractivity contribution is 5.96. The fourth-order valence-electron chi connectivity index (χ4n) is 2.61. The van der Waals surface area contributed by atoms with Gasteiger partial charge in [0.25, 0.3) is 0 Å². The molecule has 5 heteroatoms. The highest BCUT2D eigenvalue weighted by Crippen LogP contribution is 2.15. The van der Waals surface area contributed by atoms with Crippen molar-refractivity contribution in [3.05, 3.63) is 29.8 Å². The zero-order valence-electron chi connectivity index (χ0n) is 12.5. The predicted molar refractivity (Wildman–Crippen MR) is 83.1 cm³/mol. The molecule has 1 fully saturated rings. The molecule has 0 aliphatic carbocycles. The first kappa shape index (κ1) is 15.5. The lowest BCUT2D eigenvalue weighted by Gasteiger charge is -2.26. The van der Waals surface area contributed by atoms with Gasteiger partial charge in [-0.05, 0) is 57.1 Å². The monoisotopic (exact) mass is 289 g/mol. The maximum absolute atomic E-state index is 12.3. The van der Waals surface area contributed by atoms with E-state index in [9.17, 15) is 9.59 Å². The summed E-state index contributed by atoms with van der Waals surface area (Å²) in [5.41, 5.74) is 6.32. The Bertz CT molecular complexity index is 491. The zero-order valence-corrected chi connectivity index (χ0v) is 12.5. The lowest BCUT2D eigenvalue weighted by Crippen LogP contribution is -2.42. The van der Waals surface area contributed by atoms with Crippen LogP contribution in [0.1, 0.15) is 43.0 Å². The first-order chi connectivity index (χ1) is 10.1. The molecule has 1 saturated heterocycles. The van der Waals surface area contributed by atoms with Gasteiger partial charge in [0.2, 0.25) is 11.8 Å². The Morgan fingerprint density at radius 1 is 1.10 bits per heavy atom. The minimum absolute atomic E-state index is 0.0104. The number of carbonyl (C=O) groups is 2. The van der Waals surface area contributed by atoms with Crippen LogP contribution >= 0.6 is 0 Å². The number of benzene rings is 1. The van der Waals surface area contributed by atoms with E-state index >= 15 is 0 Å². The second kappa shape index (κ2) is 7.22. The van der Waals surface area contributed by atoms with Crippen LogP contribution in [0.2, 0.25) is 0 Å². The molecule has 0 saturated carbocycles. The van der Waals surface area contributed by atoms with Gasteiger partial charge < -0.3 is 11.1 Å². The molecule has 0 spiro atoms. The summed E-state index contributed by atoms with van der Waals surface area (Å²) in [5.74, 6) is -0.477. The van der Waals surface area contributed by atoms with Gasteiger partial charge in [0.05, 0.1) is 6.04 Å². The molecule has 21 heavy (non-hydrogen) atoms. The highest BCUT2D eigenvalue weighted by Gasteiger charge is 2.22. The third kappa shape index (κ3) is 4.29. The summed E-state index contributed by atoms with van der Waals surface area (Å²) in [6.45, 7) is 3.91. The molecule has 3 N–H and O–H groups in total. The quantitative estimate of drug-likeness (QED) is 0.890. The number of nitrogens with zero attached hydrogens (tertiary/aromatic N) is 1. The van der Waals surface area contributed by atoms with Crippen LogP contribution in [0.3, 0.4) is 0 Å². The molecular formula is C16H23N3O2. The fourth-order valence-corrected chi connectivity index (χ4v) is 2.61. The molecule has 0 radical (unpaired) electrons. The Labute approximate surface area is 125 Å². The molecule has 1 atom stereocenters. The molecule has 1 aromatic carbocycles. The van der Waals surface area contributed by atoms with Crippen molar-refractivity contribution in [3.8, 4) is 0 Å². The van der Waals surface area contributed by atoms with Crippen LogP contribution in [0.4, 0.5) is 5.69 Å². The van der Waals surface area contributed by atoms with Gasteiger partial charge >= 0.3 is 0 Å². The van der Waals surface area contributed by atoms with Gasteiger partial charge in [-0.2, -0.15) is 0 Å². The molecular weight excluding hydrogens is 266 g/mol. The number of nitrogens with one attached hydrogen (secondary N) is 1. The average molecular weight is 289 g/mol. The zero-order chi connectivity index (χ0) is 15.2. The Kier molecular flexibility index (Phi) is 5.33. The molecule has 0 aromatic heterocycles. The summed E-state index contributed by atoms with van der Waals surface area (Å²) in [5, 5.41) is 2.89. The third-order valence-corrected chi connectivity index (χ3v) is 4.00. The molecule has 2 rings (SSSR count). The van der Waals surface area contributed by atoms with Crippen molar-refractivity contribution in [2.75, 3.05) is 18.4 Å². The van der Waals surface area contributed by atoms with E-state index in [1.54, 1.807) is 24.3 Å². The molecule has 5 nitrogen and oxygen atoms in total. The lowest BCUT2D eigenvalue weighted by molar-refractivity contribution is -0.120. The number of primary amides is 1. The van der Waals surface area contributed by atoms with Gasteiger partial charge in [-0.25, -0.2) is 0 Å². The summed E-state index contributed by atoms with van der Waals surface area (Å²) >= 11 is 0. The van der Waals surface area contributed by atoms with Gasteiger partial charge in [-0.3, -0.25) is 14.5 Å². The smallest absolute Gasteiger partial charge is 0.248 e. The average Bonchev–Trinajstić information content (AvgIpc) is 2.76. The topological polar surface area (TPSA) is 75.4 Å². The second-order valence-electron chi connectivity index (χ2n) is 5.56. The van der Waals surface area contributed by atoms with Crippen molar-refractivity contribution in [2.24, 2.45) is 5.73 Å². The Balaban J connectivity index is 1.94. The summed E-state index contributed by atoms with van der Waals surface area (Å²) in [7, 11) is 0. The van der Waals surface area contributed by atoms with Crippen molar-refractivity contribution in [1.29, 1.82) is 0 Å². The Hall–Kier alpha value is -1.88. The molecule has 1 aliphatic heterocycles. The van der Waals surface area contributed by atoms with Crippen LogP contribution < -0.4 is 11.1 Å². The molecule has 1 aromatic rings. The number of nitrogens with two attached hydrogens (primary N) is 1. The fraction of sp³-hybridized carbons (Fsp3) is 0.500. The molecule has 0 bridgehead atoms. The minimum Gasteiger partial charge on any atom is -0.366 e. The van der Waals surface area contributed by atoms with E-state index in [-0.39, 0.29) is 11.9 Å². The van der Waals surface area contributed by atoms with Crippen LogP contribution in [0.15, 0.2) is 24.3 Å². The van der Waals surface area contributed by atoms with Crippen LogP contribution in [0.5, 0.6) is 0 Å². The van der Waals surface area contributed by atoms with E-state index in [1.807, 2.05) is 6.92 Å². The lowest BCUT2D eigenvalue weighted by atomic mass is 10.2. The van der Waals surface area contributed by atoms with Gasteiger partial charge in [0.1, 0.15) is 0 Å². The normalized spacial score (nSPS) is 17.8. The first-order valence-electron chi connectivity index (χ1n) is 7.52. The van der Waals surface area contributed by atoms with Crippen molar-refractivity contribution >= 4 is 17.5 Å². The maximum Gasteiger partial charge on any atom is 0.248 e. The number of hydrogen-bond acceptors (Lipinski definition) is 3. The van der Waals surface area contributed by atoms with E-state index < -0.39 is 5.91 Å². The largest absolute Gasteiger partial charge is 0.366 e. The van der Waals surface area contributed by atoms with Crippen molar-refractivity contribution in [2.45, 2.75) is 38.6 Å². The summed E-state index contributed by atoms with van der Waals surface area (Å²) < 4.78 is 0. The van der Waals surface area contributed by atoms with E-state index in [2.05, 4.69) is 10.2 Å². The van der Waals surface area contributed by atoms with E-state index in [4.69, 9.17) is 5.73 Å². The summed E-state index contributed by atoms with van der Waals surface area (Å²) in [6, 6.07) is 6.50. The van der Waals surface area contributed by atoms with E-state index in [0.29, 0.717) is 11.3 Å². The number of hydrogen-bond donors (Lipinski definition) is 2. The van der Waals surface area contributed by atoms with E-state index in [1.165, 1.54) is 12.8 Å². The SMILES string of the molecule is C[C@@H](C(=O)Nc1ccc(C(N)=O)cc1)N1CCCCCC1. The Morgan fingerprint density at radius 3 is 2.19 bits per heavy atom. The predicted octanol–water partition coefficient (Wildman–Crippen LogP) is 1.99. The second-order valence-corrected chi connectivity index (χ2v) is 5.56. The van der Waals surface area contributed by atoms with Crippen LogP contribution in [0.25, 0.3) is 0 Å². The molecule has 114 valence electrons. The third-order valence-electron chi connectivity index (χ3n) is 4.00. The number of rotatable bonds is 4. The van der Waals surface area contributed by atoms with Crippen molar-refractivity contribution < 1.29 is 9.59 Å².